The molecule has 1 heteroatoms. The van der Waals surface area contributed by atoms with Gasteiger partial charge in [-0.05, 0) is 5.56 Å². The smallest absolute Gasteiger partial charge is 0.124 e. The van der Waals surface area contributed by atoms with E-state index in [1.807, 2.05) is 30.3 Å². The fraction of sp³-hybridized carbons (Fsp3) is 0.167. The highest BCUT2D eigenvalue weighted by Crippen LogP contribution is 2.19. The minimum absolute atomic E-state index is 0.175. The van der Waals surface area contributed by atoms with E-state index in [-0.39, 0.29) is 5.92 Å². The van der Waals surface area contributed by atoms with Gasteiger partial charge in [0.1, 0.15) is 6.10 Å². The fourth-order valence-electron chi connectivity index (χ4n) is 1.23. The molecule has 0 spiro atoms. The quantitative estimate of drug-likeness (QED) is 0.545. The fourth-order valence-corrected chi connectivity index (χ4v) is 1.23. The number of benzene rings is 1. The van der Waals surface area contributed by atoms with Crippen molar-refractivity contribution in [3.05, 3.63) is 48.6 Å². The molecule has 1 N–H and O–H groups in total. The molecule has 0 radical (unpaired) electrons. The average molecular weight is 172 g/mol. The predicted octanol–water partition coefficient (Wildman–Crippen LogP) is 1.95. The number of hydrogen-bond acceptors (Lipinski definition) is 1. The number of rotatable bonds is 3. The number of hydrogen-bond donors (Lipinski definition) is 1. The van der Waals surface area contributed by atoms with E-state index in [2.05, 4.69) is 12.5 Å². The van der Waals surface area contributed by atoms with Gasteiger partial charge in [0.05, 0.1) is 0 Å². The molecule has 0 heterocycles. The SMILES string of the molecule is C#CC(O)C(C=C)c1ccccc1. The van der Waals surface area contributed by atoms with E-state index in [4.69, 9.17) is 6.42 Å². The highest BCUT2D eigenvalue weighted by molar-refractivity contribution is 5.27. The van der Waals surface area contributed by atoms with Crippen LogP contribution in [0.25, 0.3) is 0 Å². The maximum Gasteiger partial charge on any atom is 0.124 e. The maximum absolute atomic E-state index is 9.46. The first kappa shape index (κ1) is 9.57. The lowest BCUT2D eigenvalue weighted by Gasteiger charge is -2.14. The van der Waals surface area contributed by atoms with Crippen molar-refractivity contribution >= 4 is 0 Å². The van der Waals surface area contributed by atoms with Crippen molar-refractivity contribution in [2.45, 2.75) is 12.0 Å². The molecule has 2 unspecified atom stereocenters. The molecular weight excluding hydrogens is 160 g/mol. The Kier molecular flexibility index (Phi) is 3.31. The van der Waals surface area contributed by atoms with Crippen LogP contribution in [0.4, 0.5) is 0 Å². The van der Waals surface area contributed by atoms with Gasteiger partial charge >= 0.3 is 0 Å². The van der Waals surface area contributed by atoms with Crippen LogP contribution in [0.15, 0.2) is 43.0 Å². The van der Waals surface area contributed by atoms with Crippen LogP contribution in [0.3, 0.4) is 0 Å². The molecule has 0 saturated heterocycles. The van der Waals surface area contributed by atoms with E-state index in [1.165, 1.54) is 0 Å². The summed E-state index contributed by atoms with van der Waals surface area (Å²) in [5, 5.41) is 9.46. The lowest BCUT2D eigenvalue weighted by atomic mass is 9.94. The first-order chi connectivity index (χ1) is 6.29. The van der Waals surface area contributed by atoms with Crippen molar-refractivity contribution in [1.82, 2.24) is 0 Å². The van der Waals surface area contributed by atoms with Crippen LogP contribution in [0.5, 0.6) is 0 Å². The molecule has 0 bridgehead atoms. The molecule has 1 aromatic rings. The topological polar surface area (TPSA) is 20.2 Å². The van der Waals surface area contributed by atoms with Gasteiger partial charge in [0.15, 0.2) is 0 Å². The summed E-state index contributed by atoms with van der Waals surface area (Å²) in [5.41, 5.74) is 0.989. The Morgan fingerprint density at radius 1 is 1.38 bits per heavy atom. The Hall–Kier alpha value is -1.52. The van der Waals surface area contributed by atoms with E-state index in [9.17, 15) is 5.11 Å². The molecule has 2 atom stereocenters. The molecule has 0 fully saturated rings. The molecule has 0 aliphatic heterocycles. The lowest BCUT2D eigenvalue weighted by molar-refractivity contribution is 0.217. The van der Waals surface area contributed by atoms with Gasteiger partial charge in [-0.25, -0.2) is 0 Å². The molecule has 0 aromatic heterocycles. The van der Waals surface area contributed by atoms with Crippen molar-refractivity contribution < 1.29 is 5.11 Å². The van der Waals surface area contributed by atoms with Crippen molar-refractivity contribution in [3.63, 3.8) is 0 Å². The van der Waals surface area contributed by atoms with E-state index >= 15 is 0 Å². The summed E-state index contributed by atoms with van der Waals surface area (Å²) in [6.07, 6.45) is 6.01. The van der Waals surface area contributed by atoms with Crippen LogP contribution < -0.4 is 0 Å². The normalized spacial score (nSPS) is 14.2. The van der Waals surface area contributed by atoms with Gasteiger partial charge in [-0.15, -0.1) is 13.0 Å². The first-order valence-electron chi connectivity index (χ1n) is 4.11. The Morgan fingerprint density at radius 2 is 2.00 bits per heavy atom. The van der Waals surface area contributed by atoms with E-state index in [0.717, 1.165) is 5.56 Å². The molecule has 66 valence electrons. The standard InChI is InChI=1S/C12H12O/c1-3-11(12(13)4-2)10-8-6-5-7-9-10/h2-3,5-9,11-13H,1H2. The summed E-state index contributed by atoms with van der Waals surface area (Å²) < 4.78 is 0. The number of terminal acetylenes is 1. The molecule has 1 aromatic carbocycles. The minimum atomic E-state index is -0.792. The van der Waals surface area contributed by atoms with Crippen LogP contribution >= 0.6 is 0 Å². The Labute approximate surface area is 78.7 Å². The summed E-state index contributed by atoms with van der Waals surface area (Å²) >= 11 is 0. The van der Waals surface area contributed by atoms with Gasteiger partial charge in [0, 0.05) is 5.92 Å². The monoisotopic (exact) mass is 172 g/mol. The minimum Gasteiger partial charge on any atom is -0.379 e. The summed E-state index contributed by atoms with van der Waals surface area (Å²) in [6, 6.07) is 9.59. The molecule has 1 nitrogen and oxygen atoms in total. The zero-order chi connectivity index (χ0) is 9.68. The average Bonchev–Trinajstić information content (AvgIpc) is 2.20. The van der Waals surface area contributed by atoms with Crippen LogP contribution in [0, 0.1) is 12.3 Å². The largest absolute Gasteiger partial charge is 0.379 e. The second-order valence-corrected chi connectivity index (χ2v) is 2.78. The van der Waals surface area contributed by atoms with Crippen LogP contribution in [0.1, 0.15) is 11.5 Å². The van der Waals surface area contributed by atoms with Gasteiger partial charge in [0.25, 0.3) is 0 Å². The third-order valence-corrected chi connectivity index (χ3v) is 1.95. The molecule has 13 heavy (non-hydrogen) atoms. The highest BCUT2D eigenvalue weighted by Gasteiger charge is 2.14. The Bertz CT molecular complexity index is 308. The van der Waals surface area contributed by atoms with Gasteiger partial charge in [-0.3, -0.25) is 0 Å². The van der Waals surface area contributed by atoms with Gasteiger partial charge in [-0.2, -0.15) is 0 Å². The lowest BCUT2D eigenvalue weighted by Crippen LogP contribution is -2.13. The molecule has 0 aliphatic rings. The van der Waals surface area contributed by atoms with Crippen molar-refractivity contribution in [1.29, 1.82) is 0 Å². The van der Waals surface area contributed by atoms with Crippen molar-refractivity contribution in [2.75, 3.05) is 0 Å². The molecule has 0 saturated carbocycles. The van der Waals surface area contributed by atoms with Crippen molar-refractivity contribution in [3.8, 4) is 12.3 Å². The van der Waals surface area contributed by atoms with Gasteiger partial charge < -0.3 is 5.11 Å². The molecule has 1 rings (SSSR count). The predicted molar refractivity (Wildman–Crippen MR) is 54.2 cm³/mol. The summed E-state index contributed by atoms with van der Waals surface area (Å²) in [5.74, 6) is 2.12. The van der Waals surface area contributed by atoms with Crippen LogP contribution in [-0.2, 0) is 0 Å². The van der Waals surface area contributed by atoms with E-state index in [0.29, 0.717) is 0 Å². The number of aliphatic hydroxyl groups excluding tert-OH is 1. The van der Waals surface area contributed by atoms with E-state index < -0.39 is 6.10 Å². The second kappa shape index (κ2) is 4.49. The van der Waals surface area contributed by atoms with Crippen LogP contribution in [-0.4, -0.2) is 11.2 Å². The maximum atomic E-state index is 9.46. The number of aliphatic hydroxyl groups is 1. The first-order valence-corrected chi connectivity index (χ1v) is 4.11. The highest BCUT2D eigenvalue weighted by atomic mass is 16.3. The Balaban J connectivity index is 2.92. The summed E-state index contributed by atoms with van der Waals surface area (Å²) in [4.78, 5) is 0. The molecular formula is C12H12O. The van der Waals surface area contributed by atoms with Crippen molar-refractivity contribution in [2.24, 2.45) is 0 Å². The van der Waals surface area contributed by atoms with Gasteiger partial charge in [-0.1, -0.05) is 42.3 Å². The molecule has 0 amide bonds. The zero-order valence-electron chi connectivity index (χ0n) is 7.35. The Morgan fingerprint density at radius 3 is 2.46 bits per heavy atom. The second-order valence-electron chi connectivity index (χ2n) is 2.78. The summed E-state index contributed by atoms with van der Waals surface area (Å²) in [6.45, 7) is 3.65. The van der Waals surface area contributed by atoms with Gasteiger partial charge in [0.2, 0.25) is 0 Å². The van der Waals surface area contributed by atoms with E-state index in [1.54, 1.807) is 6.08 Å². The molecule has 0 aliphatic carbocycles. The van der Waals surface area contributed by atoms with Crippen LogP contribution in [0.2, 0.25) is 0 Å². The third kappa shape index (κ3) is 2.21. The zero-order valence-corrected chi connectivity index (χ0v) is 7.35. The third-order valence-electron chi connectivity index (χ3n) is 1.95. The summed E-state index contributed by atoms with van der Waals surface area (Å²) in [7, 11) is 0.